The molecule has 0 saturated heterocycles. The number of hydrogen-bond acceptors (Lipinski definition) is 6. The predicted octanol–water partition coefficient (Wildman–Crippen LogP) is 3.25. The fourth-order valence-corrected chi connectivity index (χ4v) is 3.40. The van der Waals surface area contributed by atoms with E-state index in [2.05, 4.69) is 15.4 Å². The number of nitrogens with one attached hydrogen (secondary N) is 2. The maximum atomic E-state index is 12.5. The van der Waals surface area contributed by atoms with Gasteiger partial charge in [-0.05, 0) is 49.5 Å². The highest BCUT2D eigenvalue weighted by atomic mass is 32.1. The van der Waals surface area contributed by atoms with Crippen LogP contribution in [0, 0.1) is 0 Å². The van der Waals surface area contributed by atoms with Gasteiger partial charge in [0.2, 0.25) is 5.91 Å². The van der Waals surface area contributed by atoms with Crippen molar-refractivity contribution < 1.29 is 27.8 Å². The number of imide groups is 1. The molecule has 10 heteroatoms. The van der Waals surface area contributed by atoms with Crippen molar-refractivity contribution in [3.8, 4) is 11.5 Å². The van der Waals surface area contributed by atoms with Crippen LogP contribution in [0.25, 0.3) is 0 Å². The van der Waals surface area contributed by atoms with Crippen molar-refractivity contribution in [2.24, 2.45) is 0 Å². The molecule has 1 aromatic heterocycles. The maximum Gasteiger partial charge on any atom is 0.387 e. The number of amides is 3. The van der Waals surface area contributed by atoms with E-state index in [1.54, 1.807) is 42.3 Å². The minimum atomic E-state index is -2.95. The topological polar surface area (TPSA) is 79.9 Å². The summed E-state index contributed by atoms with van der Waals surface area (Å²) in [7, 11) is 1.71. The number of carbonyl (C=O) groups excluding carboxylic acids is 2. The zero-order valence-corrected chi connectivity index (χ0v) is 17.6. The van der Waals surface area contributed by atoms with E-state index in [0.717, 1.165) is 10.4 Å². The number of rotatable bonds is 11. The van der Waals surface area contributed by atoms with E-state index in [1.807, 2.05) is 17.5 Å². The van der Waals surface area contributed by atoms with Gasteiger partial charge in [0.05, 0.1) is 13.2 Å². The van der Waals surface area contributed by atoms with Gasteiger partial charge in [0.25, 0.3) is 0 Å². The molecule has 0 unspecified atom stereocenters. The molecule has 0 fully saturated rings. The van der Waals surface area contributed by atoms with Gasteiger partial charge in [-0.1, -0.05) is 12.1 Å². The third-order valence-electron chi connectivity index (χ3n) is 3.88. The largest absolute Gasteiger partial charge is 0.490 e. The number of ether oxygens (including phenoxy) is 2. The molecule has 1 heterocycles. The lowest BCUT2D eigenvalue weighted by molar-refractivity contribution is -0.121. The van der Waals surface area contributed by atoms with Crippen molar-refractivity contribution in [1.82, 2.24) is 15.5 Å². The van der Waals surface area contributed by atoms with Gasteiger partial charge < -0.3 is 14.8 Å². The van der Waals surface area contributed by atoms with Crippen LogP contribution in [-0.2, 0) is 17.8 Å². The maximum absolute atomic E-state index is 12.5. The lowest BCUT2D eigenvalue weighted by atomic mass is 10.2. The van der Waals surface area contributed by atoms with Gasteiger partial charge in [-0.2, -0.15) is 8.78 Å². The first-order chi connectivity index (χ1) is 14.4. The summed E-state index contributed by atoms with van der Waals surface area (Å²) < 4.78 is 34.8. The molecule has 2 rings (SSSR count). The fraction of sp³-hybridized carbons (Fsp3) is 0.400. The average Bonchev–Trinajstić information content (AvgIpc) is 3.17. The smallest absolute Gasteiger partial charge is 0.387 e. The number of benzene rings is 1. The van der Waals surface area contributed by atoms with Gasteiger partial charge in [-0.25, -0.2) is 4.79 Å². The summed E-state index contributed by atoms with van der Waals surface area (Å²) in [6, 6.07) is 7.99. The second-order valence-corrected chi connectivity index (χ2v) is 7.43. The lowest BCUT2D eigenvalue weighted by Gasteiger charge is -2.18. The van der Waals surface area contributed by atoms with E-state index >= 15 is 0 Å². The summed E-state index contributed by atoms with van der Waals surface area (Å²) in [6.45, 7) is -0.148. The third-order valence-corrected chi connectivity index (χ3v) is 4.82. The van der Waals surface area contributed by atoms with Crippen LogP contribution < -0.4 is 20.1 Å². The van der Waals surface area contributed by atoms with Crippen LogP contribution in [0.1, 0.15) is 17.4 Å². The van der Waals surface area contributed by atoms with Crippen molar-refractivity contribution in [3.05, 3.63) is 46.2 Å². The molecular formula is C20H25F2N3O4S. The monoisotopic (exact) mass is 441 g/mol. The second kappa shape index (κ2) is 12.1. The second-order valence-electron chi connectivity index (χ2n) is 6.40. The van der Waals surface area contributed by atoms with E-state index in [1.165, 1.54) is 6.07 Å². The quantitative estimate of drug-likeness (QED) is 0.560. The minimum Gasteiger partial charge on any atom is -0.490 e. The normalized spacial score (nSPS) is 10.9. The molecule has 0 radical (unpaired) electrons. The van der Waals surface area contributed by atoms with E-state index < -0.39 is 18.5 Å². The van der Waals surface area contributed by atoms with Gasteiger partial charge in [0.1, 0.15) is 0 Å². The number of likely N-dealkylation sites (N-methyl/N-ethyl adjacent to an activating group) is 1. The zero-order valence-electron chi connectivity index (χ0n) is 16.8. The summed E-state index contributed by atoms with van der Waals surface area (Å²) >= 11 is 1.61. The number of carbonyl (C=O) groups is 2. The fourth-order valence-electron chi connectivity index (χ4n) is 2.69. The van der Waals surface area contributed by atoms with E-state index in [0.29, 0.717) is 26.1 Å². The summed E-state index contributed by atoms with van der Waals surface area (Å²) in [5, 5.41) is 6.89. The number of thiophene rings is 1. The lowest BCUT2D eigenvalue weighted by Crippen LogP contribution is -2.44. The van der Waals surface area contributed by atoms with E-state index in [4.69, 9.17) is 4.74 Å². The Labute approximate surface area is 178 Å². The Hall–Kier alpha value is -2.72. The highest BCUT2D eigenvalue weighted by molar-refractivity contribution is 7.09. The van der Waals surface area contributed by atoms with E-state index in [9.17, 15) is 18.4 Å². The molecule has 0 bridgehead atoms. The molecule has 164 valence electrons. The van der Waals surface area contributed by atoms with Crippen LogP contribution in [0.5, 0.6) is 11.5 Å². The SMILES string of the molecule is CCOc1cc(CN(C)CC(=O)NC(=O)NCCc2cccs2)ccc1OC(F)F. The highest BCUT2D eigenvalue weighted by Gasteiger charge is 2.14. The van der Waals surface area contributed by atoms with Gasteiger partial charge in [0.15, 0.2) is 11.5 Å². The van der Waals surface area contributed by atoms with Crippen LogP contribution in [-0.4, -0.2) is 50.2 Å². The van der Waals surface area contributed by atoms with Gasteiger partial charge >= 0.3 is 12.6 Å². The first kappa shape index (κ1) is 23.6. The number of urea groups is 1. The summed E-state index contributed by atoms with van der Waals surface area (Å²) in [6.07, 6.45) is 0.701. The molecule has 0 spiro atoms. The summed E-state index contributed by atoms with van der Waals surface area (Å²) in [5.41, 5.74) is 0.746. The predicted molar refractivity (Wildman–Crippen MR) is 110 cm³/mol. The molecule has 0 saturated carbocycles. The molecule has 0 aliphatic heterocycles. The summed E-state index contributed by atoms with van der Waals surface area (Å²) in [4.78, 5) is 26.7. The number of hydrogen-bond donors (Lipinski definition) is 2. The van der Waals surface area contributed by atoms with Crippen molar-refractivity contribution in [1.29, 1.82) is 0 Å². The Kier molecular flexibility index (Phi) is 9.49. The standard InChI is InChI=1S/C20H25F2N3O4S/c1-3-28-17-11-14(6-7-16(17)29-19(21)22)12-25(2)13-18(26)24-20(27)23-9-8-15-5-4-10-30-15/h4-7,10-11,19H,3,8-9,12-13H2,1-2H3,(H2,23,24,26,27). The van der Waals surface area contributed by atoms with Crippen molar-refractivity contribution >= 4 is 23.3 Å². The first-order valence-electron chi connectivity index (χ1n) is 9.36. The van der Waals surface area contributed by atoms with Crippen LogP contribution in [0.2, 0.25) is 0 Å². The summed E-state index contributed by atoms with van der Waals surface area (Å²) in [5.74, 6) is -0.290. The van der Waals surface area contributed by atoms with Crippen LogP contribution in [0.15, 0.2) is 35.7 Å². The van der Waals surface area contributed by atoms with Crippen molar-refractivity contribution in [3.63, 3.8) is 0 Å². The molecular weight excluding hydrogens is 416 g/mol. The van der Waals surface area contributed by atoms with Crippen LogP contribution in [0.3, 0.4) is 0 Å². The molecule has 2 N–H and O–H groups in total. The molecule has 0 atom stereocenters. The number of halogens is 2. The van der Waals surface area contributed by atoms with Gasteiger partial charge in [-0.15, -0.1) is 11.3 Å². The number of nitrogens with zero attached hydrogens (tertiary/aromatic N) is 1. The molecule has 1 aromatic carbocycles. The zero-order chi connectivity index (χ0) is 21.9. The Morgan fingerprint density at radius 1 is 1.23 bits per heavy atom. The third kappa shape index (κ3) is 8.34. The minimum absolute atomic E-state index is 0.0163. The molecule has 0 aliphatic rings. The van der Waals surface area contributed by atoms with E-state index in [-0.39, 0.29) is 18.0 Å². The molecule has 7 nitrogen and oxygen atoms in total. The van der Waals surface area contributed by atoms with Gasteiger partial charge in [0, 0.05) is 18.0 Å². The van der Waals surface area contributed by atoms with Crippen molar-refractivity contribution in [2.75, 3.05) is 26.7 Å². The molecule has 30 heavy (non-hydrogen) atoms. The average molecular weight is 442 g/mol. The highest BCUT2D eigenvalue weighted by Crippen LogP contribution is 2.30. The Morgan fingerprint density at radius 2 is 2.03 bits per heavy atom. The Bertz CT molecular complexity index is 818. The molecule has 0 aliphatic carbocycles. The van der Waals surface area contributed by atoms with Crippen LogP contribution >= 0.6 is 11.3 Å². The number of alkyl halides is 2. The van der Waals surface area contributed by atoms with Crippen molar-refractivity contribution in [2.45, 2.75) is 26.5 Å². The Balaban J connectivity index is 1.79. The molecule has 3 amide bonds. The Morgan fingerprint density at radius 3 is 2.70 bits per heavy atom. The van der Waals surface area contributed by atoms with Gasteiger partial charge in [-0.3, -0.25) is 15.0 Å². The van der Waals surface area contributed by atoms with Crippen LogP contribution in [0.4, 0.5) is 13.6 Å². The molecule has 2 aromatic rings. The first-order valence-corrected chi connectivity index (χ1v) is 10.2.